The van der Waals surface area contributed by atoms with Crippen molar-refractivity contribution in [3.8, 4) is 22.8 Å². The summed E-state index contributed by atoms with van der Waals surface area (Å²) in [5, 5.41) is 16.2. The third-order valence-electron chi connectivity index (χ3n) is 5.50. The minimum absolute atomic E-state index is 0.176. The number of nitrogens with one attached hydrogen (secondary N) is 1. The minimum Gasteiger partial charge on any atom is -0.490 e. The Kier molecular flexibility index (Phi) is 4.72. The van der Waals surface area contributed by atoms with Crippen LogP contribution < -0.4 is 14.8 Å². The molecule has 1 N–H and O–H groups in total. The number of halogens is 1. The molecule has 31 heavy (non-hydrogen) atoms. The number of nitrogens with zero attached hydrogens (tertiary/aromatic N) is 5. The molecule has 0 radical (unpaired) electrons. The van der Waals surface area contributed by atoms with E-state index in [-0.39, 0.29) is 18.4 Å². The van der Waals surface area contributed by atoms with E-state index >= 15 is 0 Å². The molecule has 0 amide bonds. The van der Waals surface area contributed by atoms with E-state index in [9.17, 15) is 4.39 Å². The molecule has 0 fully saturated rings. The van der Waals surface area contributed by atoms with Crippen LogP contribution in [0.2, 0.25) is 0 Å². The van der Waals surface area contributed by atoms with Crippen molar-refractivity contribution in [1.82, 2.24) is 24.4 Å². The van der Waals surface area contributed by atoms with E-state index in [1.807, 2.05) is 28.1 Å². The Bertz CT molecular complexity index is 1260. The quantitative estimate of drug-likeness (QED) is 0.526. The van der Waals surface area contributed by atoms with Gasteiger partial charge < -0.3 is 14.8 Å². The topological polar surface area (TPSA) is 78.5 Å². The molecular weight excluding hydrogens is 399 g/mol. The molecule has 9 heteroatoms. The fourth-order valence-corrected chi connectivity index (χ4v) is 3.93. The lowest BCUT2D eigenvalue weighted by Crippen LogP contribution is -2.12. The maximum atomic E-state index is 14.5. The van der Waals surface area contributed by atoms with Crippen molar-refractivity contribution in [2.24, 2.45) is 0 Å². The molecule has 4 aromatic rings. The predicted molar refractivity (Wildman–Crippen MR) is 114 cm³/mol. The minimum atomic E-state index is -0.281. The number of anilines is 1. The second-order valence-corrected chi connectivity index (χ2v) is 7.75. The zero-order valence-corrected chi connectivity index (χ0v) is 17.6. The van der Waals surface area contributed by atoms with Gasteiger partial charge in [0.25, 0.3) is 0 Å². The van der Waals surface area contributed by atoms with E-state index in [0.717, 1.165) is 16.8 Å². The van der Waals surface area contributed by atoms with Crippen molar-refractivity contribution in [2.75, 3.05) is 18.5 Å². The van der Waals surface area contributed by atoms with Gasteiger partial charge in [0.1, 0.15) is 31.1 Å². The average molecular weight is 422 g/mol. The van der Waals surface area contributed by atoms with Gasteiger partial charge in [-0.15, -0.1) is 10.2 Å². The van der Waals surface area contributed by atoms with Crippen LogP contribution in [0.5, 0.6) is 11.5 Å². The second-order valence-electron chi connectivity index (χ2n) is 7.75. The van der Waals surface area contributed by atoms with Gasteiger partial charge in [-0.05, 0) is 50.6 Å². The van der Waals surface area contributed by atoms with E-state index in [4.69, 9.17) is 9.47 Å². The first-order valence-electron chi connectivity index (χ1n) is 10.2. The molecule has 160 valence electrons. The first kappa shape index (κ1) is 19.3. The summed E-state index contributed by atoms with van der Waals surface area (Å²) >= 11 is 0. The predicted octanol–water partition coefficient (Wildman–Crippen LogP) is 4.00. The highest BCUT2D eigenvalue weighted by atomic mass is 19.1. The molecule has 0 atom stereocenters. The first-order chi connectivity index (χ1) is 15.0. The molecule has 4 heterocycles. The van der Waals surface area contributed by atoms with Crippen LogP contribution in [-0.2, 0) is 6.54 Å². The summed E-state index contributed by atoms with van der Waals surface area (Å²) in [5.41, 5.74) is 3.75. The third-order valence-corrected chi connectivity index (χ3v) is 5.50. The van der Waals surface area contributed by atoms with E-state index in [1.54, 1.807) is 18.6 Å². The van der Waals surface area contributed by atoms with Crippen LogP contribution in [0, 0.1) is 12.7 Å². The lowest BCUT2D eigenvalue weighted by Gasteiger charge is -2.18. The fraction of sp³-hybridized carbons (Fsp3) is 0.318. The molecule has 2 bridgehead atoms. The van der Waals surface area contributed by atoms with Gasteiger partial charge in [0.2, 0.25) is 0 Å². The van der Waals surface area contributed by atoms with Crippen molar-refractivity contribution < 1.29 is 13.9 Å². The molecule has 0 spiro atoms. The molecule has 0 unspecified atom stereocenters. The number of aromatic nitrogens is 5. The number of benzene rings is 1. The van der Waals surface area contributed by atoms with Gasteiger partial charge in [0, 0.05) is 29.9 Å². The summed E-state index contributed by atoms with van der Waals surface area (Å²) in [6, 6.07) is 7.14. The van der Waals surface area contributed by atoms with Crippen molar-refractivity contribution in [1.29, 1.82) is 0 Å². The summed E-state index contributed by atoms with van der Waals surface area (Å²) in [6.45, 7) is 6.94. The summed E-state index contributed by atoms with van der Waals surface area (Å²) in [5.74, 6) is 1.64. The first-order valence-corrected chi connectivity index (χ1v) is 10.2. The van der Waals surface area contributed by atoms with Gasteiger partial charge in [0.15, 0.2) is 17.2 Å². The highest BCUT2D eigenvalue weighted by molar-refractivity contribution is 5.80. The maximum absolute atomic E-state index is 14.5. The average Bonchev–Trinajstić information content (AvgIpc) is 3.42. The molecule has 3 aromatic heterocycles. The molecule has 1 aromatic carbocycles. The van der Waals surface area contributed by atoms with Crippen LogP contribution in [0.3, 0.4) is 0 Å². The Labute approximate surface area is 178 Å². The van der Waals surface area contributed by atoms with Crippen LogP contribution in [0.25, 0.3) is 16.9 Å². The standard InChI is InChI=1S/C22H23FN6O2/c1-13(2)29-18(6-7-26-29)15-10-20-22(28-12-25-27-21(15)28)24-11-16-14(3)19(5-4-17(16)23)30-8-9-31-20/h4-7,10,12-13,24H,8-9,11H2,1-3H3. The number of hydrogen-bond acceptors (Lipinski definition) is 6. The van der Waals surface area contributed by atoms with Crippen LogP contribution in [0.15, 0.2) is 36.8 Å². The van der Waals surface area contributed by atoms with E-state index in [1.165, 1.54) is 6.07 Å². The van der Waals surface area contributed by atoms with Crippen molar-refractivity contribution in [2.45, 2.75) is 33.4 Å². The Hall–Kier alpha value is -3.62. The van der Waals surface area contributed by atoms with E-state index < -0.39 is 0 Å². The van der Waals surface area contributed by atoms with Crippen molar-refractivity contribution >= 4 is 11.5 Å². The SMILES string of the molecule is Cc1c2ccc(F)c1CNc1c(cc(-c3ccnn3C(C)C)c3nncn13)OCCO2. The maximum Gasteiger partial charge on any atom is 0.171 e. The van der Waals surface area contributed by atoms with Gasteiger partial charge in [-0.25, -0.2) is 4.39 Å². The summed E-state index contributed by atoms with van der Waals surface area (Å²) in [7, 11) is 0. The van der Waals surface area contributed by atoms with Crippen LogP contribution in [-0.4, -0.2) is 37.6 Å². The number of pyridine rings is 1. The molecule has 0 saturated carbocycles. The van der Waals surface area contributed by atoms with Crippen LogP contribution >= 0.6 is 0 Å². The van der Waals surface area contributed by atoms with Gasteiger partial charge in [-0.1, -0.05) is 0 Å². The van der Waals surface area contributed by atoms with Gasteiger partial charge in [-0.2, -0.15) is 5.10 Å². The molecule has 8 nitrogen and oxygen atoms in total. The highest BCUT2D eigenvalue weighted by Gasteiger charge is 2.21. The Morgan fingerprint density at radius 2 is 1.94 bits per heavy atom. The second kappa shape index (κ2) is 7.57. The Balaban J connectivity index is 1.66. The van der Waals surface area contributed by atoms with Gasteiger partial charge in [0.05, 0.1) is 5.69 Å². The van der Waals surface area contributed by atoms with Gasteiger partial charge in [-0.3, -0.25) is 9.08 Å². The Morgan fingerprint density at radius 3 is 2.74 bits per heavy atom. The normalized spacial score (nSPS) is 13.8. The summed E-state index contributed by atoms with van der Waals surface area (Å²) in [4.78, 5) is 0. The van der Waals surface area contributed by atoms with Crippen molar-refractivity contribution in [3.63, 3.8) is 0 Å². The summed E-state index contributed by atoms with van der Waals surface area (Å²) < 4.78 is 30.2. The molecule has 1 aliphatic rings. The smallest absolute Gasteiger partial charge is 0.171 e. The number of ether oxygens (including phenoxy) is 2. The molecule has 0 aliphatic carbocycles. The fourth-order valence-electron chi connectivity index (χ4n) is 3.93. The van der Waals surface area contributed by atoms with E-state index in [0.29, 0.717) is 41.7 Å². The Morgan fingerprint density at radius 1 is 1.13 bits per heavy atom. The summed E-state index contributed by atoms with van der Waals surface area (Å²) in [6.07, 6.45) is 3.39. The largest absolute Gasteiger partial charge is 0.490 e. The van der Waals surface area contributed by atoms with Gasteiger partial charge >= 0.3 is 0 Å². The lowest BCUT2D eigenvalue weighted by molar-refractivity contribution is 0.216. The monoisotopic (exact) mass is 422 g/mol. The number of hydrogen-bond donors (Lipinski definition) is 1. The highest BCUT2D eigenvalue weighted by Crippen LogP contribution is 2.36. The zero-order chi connectivity index (χ0) is 21.5. The number of fused-ring (bicyclic) bond motifs is 5. The molecule has 0 saturated heterocycles. The lowest BCUT2D eigenvalue weighted by atomic mass is 10.1. The molecular formula is C22H23FN6O2. The van der Waals surface area contributed by atoms with Crippen LogP contribution in [0.1, 0.15) is 31.0 Å². The van der Waals surface area contributed by atoms with Crippen LogP contribution in [0.4, 0.5) is 10.2 Å². The van der Waals surface area contributed by atoms with Crippen molar-refractivity contribution in [3.05, 3.63) is 53.7 Å². The molecule has 1 aliphatic heterocycles. The van der Waals surface area contributed by atoms with E-state index in [2.05, 4.69) is 34.5 Å². The number of rotatable bonds is 2. The zero-order valence-electron chi connectivity index (χ0n) is 17.6. The molecule has 5 rings (SSSR count). The third kappa shape index (κ3) is 3.26.